The molecule has 0 aromatic carbocycles. The van der Waals surface area contributed by atoms with E-state index in [4.69, 9.17) is 10.8 Å². The van der Waals surface area contributed by atoms with Gasteiger partial charge in [-0.25, -0.2) is 0 Å². The molecule has 0 heterocycles. The molecule has 0 aliphatic heterocycles. The zero-order valence-electron chi connectivity index (χ0n) is 5.74. The van der Waals surface area contributed by atoms with Crippen molar-refractivity contribution in [1.29, 1.82) is 0 Å². The van der Waals surface area contributed by atoms with Crippen molar-refractivity contribution in [1.82, 2.24) is 0 Å². The summed E-state index contributed by atoms with van der Waals surface area (Å²) in [6.45, 7) is 1.73. The van der Waals surface area contributed by atoms with Crippen molar-refractivity contribution < 1.29 is 14.5 Å². The largest absolute Gasteiger partial charge is 0.616 e. The van der Waals surface area contributed by atoms with E-state index in [0.717, 1.165) is 0 Å². The third-order valence-corrected chi connectivity index (χ3v) is 2.38. The van der Waals surface area contributed by atoms with Gasteiger partial charge in [-0.15, -0.1) is 0 Å². The summed E-state index contributed by atoms with van der Waals surface area (Å²) in [6.07, 6.45) is 0. The highest BCUT2D eigenvalue weighted by atomic mass is 32.2. The van der Waals surface area contributed by atoms with Gasteiger partial charge in [-0.1, -0.05) is 11.2 Å². The van der Waals surface area contributed by atoms with E-state index in [1.165, 1.54) is 0 Å². The lowest BCUT2D eigenvalue weighted by Gasteiger charge is -2.10. The average Bonchev–Trinajstić information content (AvgIpc) is 1.87. The summed E-state index contributed by atoms with van der Waals surface area (Å²) in [7, 11) is 0. The van der Waals surface area contributed by atoms with E-state index in [2.05, 4.69) is 0 Å². The van der Waals surface area contributed by atoms with Gasteiger partial charge in [0.15, 0.2) is 0 Å². The Hall–Kier alpha value is -0.260. The Bertz CT molecular complexity index is 119. The molecule has 60 valence electrons. The predicted molar refractivity (Wildman–Crippen MR) is 39.2 cm³/mol. The standard InChI is InChI=1S/C5H11NO3S/c1-2-10(9)3-4(6)5(7)8/h4H,2-3,6H2,1H3,(H,7,8)/t4-,10?/m0/s1. The molecule has 0 aromatic heterocycles. The van der Waals surface area contributed by atoms with Crippen LogP contribution in [0.25, 0.3) is 0 Å². The molecule has 0 fully saturated rings. The first-order valence-electron chi connectivity index (χ1n) is 2.91. The molecule has 0 bridgehead atoms. The molecule has 0 rings (SSSR count). The van der Waals surface area contributed by atoms with Crippen LogP contribution in [0.2, 0.25) is 0 Å². The fourth-order valence-corrected chi connectivity index (χ4v) is 1.17. The van der Waals surface area contributed by atoms with Gasteiger partial charge in [0.25, 0.3) is 0 Å². The van der Waals surface area contributed by atoms with Gasteiger partial charge in [0.2, 0.25) is 0 Å². The first-order chi connectivity index (χ1) is 4.57. The molecular weight excluding hydrogens is 154 g/mol. The number of carboxylic acids is 1. The van der Waals surface area contributed by atoms with Crippen molar-refractivity contribution in [2.45, 2.75) is 13.0 Å². The number of aliphatic carboxylic acids is 1. The first-order valence-corrected chi connectivity index (χ1v) is 4.40. The Morgan fingerprint density at radius 1 is 1.90 bits per heavy atom. The number of rotatable bonds is 4. The number of carboxylic acid groups (broad SMARTS) is 1. The van der Waals surface area contributed by atoms with Gasteiger partial charge >= 0.3 is 5.97 Å². The van der Waals surface area contributed by atoms with Crippen LogP contribution in [-0.4, -0.2) is 33.2 Å². The van der Waals surface area contributed by atoms with Crippen molar-refractivity contribution >= 4 is 17.1 Å². The smallest absolute Gasteiger partial charge is 0.325 e. The topological polar surface area (TPSA) is 86.4 Å². The van der Waals surface area contributed by atoms with Crippen LogP contribution in [0.4, 0.5) is 0 Å². The molecule has 1 unspecified atom stereocenters. The third kappa shape index (κ3) is 3.71. The maximum absolute atomic E-state index is 10.7. The normalized spacial score (nSPS) is 16.3. The molecule has 2 atom stereocenters. The molecule has 0 saturated heterocycles. The van der Waals surface area contributed by atoms with Crippen LogP contribution in [0.5, 0.6) is 0 Å². The highest BCUT2D eigenvalue weighted by molar-refractivity contribution is 7.91. The predicted octanol–water partition coefficient (Wildman–Crippen LogP) is -0.833. The molecule has 4 nitrogen and oxygen atoms in total. The summed E-state index contributed by atoms with van der Waals surface area (Å²) in [5, 5.41) is 8.27. The number of hydrogen-bond donors (Lipinski definition) is 2. The number of carbonyl (C=O) groups is 1. The summed E-state index contributed by atoms with van der Waals surface area (Å²) >= 11 is -1.08. The average molecular weight is 165 g/mol. The lowest BCUT2D eigenvalue weighted by Crippen LogP contribution is -2.37. The molecule has 0 spiro atoms. The molecule has 0 radical (unpaired) electrons. The fraction of sp³-hybridized carbons (Fsp3) is 0.800. The van der Waals surface area contributed by atoms with Gasteiger partial charge in [0.05, 0.1) is 0 Å². The van der Waals surface area contributed by atoms with Crippen LogP contribution in [0, 0.1) is 0 Å². The van der Waals surface area contributed by atoms with Gasteiger partial charge in [-0.3, -0.25) is 4.79 Å². The maximum Gasteiger partial charge on any atom is 0.325 e. The lowest BCUT2D eigenvalue weighted by atomic mass is 10.4. The molecule has 10 heavy (non-hydrogen) atoms. The van der Waals surface area contributed by atoms with Crippen molar-refractivity contribution in [3.05, 3.63) is 0 Å². The molecule has 5 heteroatoms. The lowest BCUT2D eigenvalue weighted by molar-refractivity contribution is -0.137. The molecule has 0 aliphatic rings. The van der Waals surface area contributed by atoms with Crippen LogP contribution in [0.3, 0.4) is 0 Å². The summed E-state index contributed by atoms with van der Waals surface area (Å²) in [6, 6.07) is -0.985. The second kappa shape index (κ2) is 4.54. The van der Waals surface area contributed by atoms with E-state index in [-0.39, 0.29) is 5.75 Å². The SMILES string of the molecule is CC[S+]([O-])C[C@H](N)C(=O)O. The number of nitrogens with two attached hydrogens (primary N) is 1. The highest BCUT2D eigenvalue weighted by Crippen LogP contribution is 1.92. The second-order valence-corrected chi connectivity index (χ2v) is 3.63. The van der Waals surface area contributed by atoms with E-state index in [0.29, 0.717) is 5.75 Å². The fourth-order valence-electron chi connectivity index (χ4n) is 0.389. The van der Waals surface area contributed by atoms with Gasteiger partial charge in [0.1, 0.15) is 17.5 Å². The highest BCUT2D eigenvalue weighted by Gasteiger charge is 2.17. The van der Waals surface area contributed by atoms with Crippen LogP contribution < -0.4 is 5.73 Å². The Labute approximate surface area is 62.6 Å². The van der Waals surface area contributed by atoms with Gasteiger partial charge in [-0.05, 0) is 6.92 Å². The minimum atomic E-state index is -1.10. The quantitative estimate of drug-likeness (QED) is 0.532. The zero-order valence-corrected chi connectivity index (χ0v) is 6.56. The van der Waals surface area contributed by atoms with Crippen molar-refractivity contribution in [2.24, 2.45) is 5.73 Å². The van der Waals surface area contributed by atoms with E-state index in [1.807, 2.05) is 0 Å². The molecule has 3 N–H and O–H groups in total. The van der Waals surface area contributed by atoms with Gasteiger partial charge in [0, 0.05) is 0 Å². The van der Waals surface area contributed by atoms with E-state index in [9.17, 15) is 9.35 Å². The van der Waals surface area contributed by atoms with E-state index < -0.39 is 23.2 Å². The minimum Gasteiger partial charge on any atom is -0.616 e. The summed E-state index contributed by atoms with van der Waals surface area (Å²) in [5.74, 6) is -0.589. The van der Waals surface area contributed by atoms with E-state index >= 15 is 0 Å². The third-order valence-electron chi connectivity index (χ3n) is 1.00. The molecule has 0 saturated carbocycles. The van der Waals surface area contributed by atoms with Crippen LogP contribution in [0.1, 0.15) is 6.92 Å². The van der Waals surface area contributed by atoms with E-state index in [1.54, 1.807) is 6.92 Å². The Morgan fingerprint density at radius 3 is 2.70 bits per heavy atom. The zero-order chi connectivity index (χ0) is 8.15. The van der Waals surface area contributed by atoms with Crippen LogP contribution in [0.15, 0.2) is 0 Å². The minimum absolute atomic E-state index is 0.0475. The monoisotopic (exact) mass is 165 g/mol. The Kier molecular flexibility index (Phi) is 4.42. The summed E-state index contributed by atoms with van der Waals surface area (Å²) in [5.41, 5.74) is 5.10. The molecule has 0 aliphatic carbocycles. The summed E-state index contributed by atoms with van der Waals surface area (Å²) in [4.78, 5) is 10.1. The number of hydrogen-bond acceptors (Lipinski definition) is 3. The molecule has 0 aromatic rings. The molecular formula is C5H11NO3S. The first kappa shape index (κ1) is 9.74. The van der Waals surface area contributed by atoms with Crippen molar-refractivity contribution in [2.75, 3.05) is 11.5 Å². The Morgan fingerprint density at radius 2 is 2.40 bits per heavy atom. The second-order valence-electron chi connectivity index (χ2n) is 1.84. The molecule has 0 amide bonds. The van der Waals surface area contributed by atoms with Gasteiger partial charge in [-0.2, -0.15) is 0 Å². The van der Waals surface area contributed by atoms with Crippen molar-refractivity contribution in [3.8, 4) is 0 Å². The van der Waals surface area contributed by atoms with Crippen LogP contribution >= 0.6 is 0 Å². The Balaban J connectivity index is 3.56. The van der Waals surface area contributed by atoms with Crippen LogP contribution in [-0.2, 0) is 16.0 Å². The summed E-state index contributed by atoms with van der Waals surface area (Å²) < 4.78 is 10.7. The van der Waals surface area contributed by atoms with Crippen molar-refractivity contribution in [3.63, 3.8) is 0 Å². The maximum atomic E-state index is 10.7. The van der Waals surface area contributed by atoms with Gasteiger partial charge < -0.3 is 15.4 Å².